The van der Waals surface area contributed by atoms with Crippen molar-refractivity contribution in [2.45, 2.75) is 58.4 Å². The van der Waals surface area contributed by atoms with Gasteiger partial charge in [-0.05, 0) is 49.8 Å². The van der Waals surface area contributed by atoms with Gasteiger partial charge in [0, 0.05) is 18.2 Å². The van der Waals surface area contributed by atoms with E-state index in [1.165, 1.54) is 5.56 Å². The SMILES string of the molecule is CCC(C)c1ccc(NC(=O)CCCC(C)N)cc1. The van der Waals surface area contributed by atoms with Gasteiger partial charge in [-0.2, -0.15) is 0 Å². The van der Waals surface area contributed by atoms with Gasteiger partial charge < -0.3 is 11.1 Å². The Morgan fingerprint density at radius 1 is 1.26 bits per heavy atom. The van der Waals surface area contributed by atoms with E-state index in [1.54, 1.807) is 0 Å². The van der Waals surface area contributed by atoms with Crippen LogP contribution >= 0.6 is 0 Å². The minimum Gasteiger partial charge on any atom is -0.328 e. The van der Waals surface area contributed by atoms with E-state index < -0.39 is 0 Å². The maximum absolute atomic E-state index is 11.7. The van der Waals surface area contributed by atoms with E-state index in [2.05, 4.69) is 31.3 Å². The van der Waals surface area contributed by atoms with Crippen LogP contribution in [0, 0.1) is 0 Å². The summed E-state index contributed by atoms with van der Waals surface area (Å²) >= 11 is 0. The summed E-state index contributed by atoms with van der Waals surface area (Å²) in [6, 6.07) is 8.30. The Balaban J connectivity index is 2.42. The molecule has 0 aromatic heterocycles. The molecule has 106 valence electrons. The number of rotatable bonds is 7. The predicted molar refractivity (Wildman–Crippen MR) is 81.3 cm³/mol. The molecule has 2 atom stereocenters. The van der Waals surface area contributed by atoms with Crippen molar-refractivity contribution in [3.8, 4) is 0 Å². The van der Waals surface area contributed by atoms with E-state index in [-0.39, 0.29) is 11.9 Å². The smallest absolute Gasteiger partial charge is 0.224 e. The third-order valence-corrected chi connectivity index (χ3v) is 3.44. The summed E-state index contributed by atoms with van der Waals surface area (Å²) in [5.41, 5.74) is 7.85. The van der Waals surface area contributed by atoms with Gasteiger partial charge in [0.2, 0.25) is 5.91 Å². The summed E-state index contributed by atoms with van der Waals surface area (Å²) in [6.07, 6.45) is 3.40. The average molecular weight is 262 g/mol. The lowest BCUT2D eigenvalue weighted by Crippen LogP contribution is -2.16. The lowest BCUT2D eigenvalue weighted by molar-refractivity contribution is -0.116. The number of amides is 1. The summed E-state index contributed by atoms with van der Waals surface area (Å²) < 4.78 is 0. The standard InChI is InChI=1S/C16H26N2O/c1-4-12(2)14-8-10-15(11-9-14)18-16(19)7-5-6-13(3)17/h8-13H,4-7,17H2,1-3H3,(H,18,19). The molecule has 1 rings (SSSR count). The Morgan fingerprint density at radius 3 is 2.42 bits per heavy atom. The first kappa shape index (κ1) is 15.7. The zero-order valence-electron chi connectivity index (χ0n) is 12.3. The van der Waals surface area contributed by atoms with Crippen molar-refractivity contribution in [2.75, 3.05) is 5.32 Å². The third kappa shape index (κ3) is 5.88. The molecule has 0 bridgehead atoms. The molecule has 0 aliphatic carbocycles. The molecule has 0 saturated heterocycles. The quantitative estimate of drug-likeness (QED) is 0.788. The maximum Gasteiger partial charge on any atom is 0.224 e. The van der Waals surface area contributed by atoms with E-state index >= 15 is 0 Å². The molecule has 3 N–H and O–H groups in total. The Morgan fingerprint density at radius 2 is 1.89 bits per heavy atom. The maximum atomic E-state index is 11.7. The molecule has 0 heterocycles. The van der Waals surface area contributed by atoms with Gasteiger partial charge in [-0.15, -0.1) is 0 Å². The van der Waals surface area contributed by atoms with Crippen molar-refractivity contribution in [3.05, 3.63) is 29.8 Å². The van der Waals surface area contributed by atoms with E-state index in [0.29, 0.717) is 12.3 Å². The highest BCUT2D eigenvalue weighted by Gasteiger charge is 2.05. The van der Waals surface area contributed by atoms with Crippen molar-refractivity contribution in [1.82, 2.24) is 0 Å². The molecule has 0 spiro atoms. The molecule has 0 aliphatic rings. The van der Waals surface area contributed by atoms with E-state index in [4.69, 9.17) is 5.73 Å². The van der Waals surface area contributed by atoms with Crippen molar-refractivity contribution in [2.24, 2.45) is 5.73 Å². The summed E-state index contributed by atoms with van der Waals surface area (Å²) in [5.74, 6) is 0.632. The largest absolute Gasteiger partial charge is 0.328 e. The highest BCUT2D eigenvalue weighted by molar-refractivity contribution is 5.90. The fourth-order valence-electron chi connectivity index (χ4n) is 1.94. The number of anilines is 1. The Hall–Kier alpha value is -1.35. The third-order valence-electron chi connectivity index (χ3n) is 3.44. The molecule has 0 saturated carbocycles. The van der Waals surface area contributed by atoms with Crippen molar-refractivity contribution < 1.29 is 4.79 Å². The van der Waals surface area contributed by atoms with Crippen molar-refractivity contribution in [3.63, 3.8) is 0 Å². The highest BCUT2D eigenvalue weighted by atomic mass is 16.1. The Labute approximate surface area is 116 Å². The van der Waals surface area contributed by atoms with E-state index in [9.17, 15) is 4.79 Å². The molecule has 1 amide bonds. The monoisotopic (exact) mass is 262 g/mol. The number of carbonyl (C=O) groups excluding carboxylic acids is 1. The van der Waals surface area contributed by atoms with Gasteiger partial charge in [0.25, 0.3) is 0 Å². The molecule has 0 fully saturated rings. The first-order valence-corrected chi connectivity index (χ1v) is 7.18. The number of nitrogens with two attached hydrogens (primary N) is 1. The van der Waals surface area contributed by atoms with Gasteiger partial charge in [0.1, 0.15) is 0 Å². The van der Waals surface area contributed by atoms with Gasteiger partial charge in [-0.25, -0.2) is 0 Å². The topological polar surface area (TPSA) is 55.1 Å². The molecule has 1 aromatic rings. The average Bonchev–Trinajstić information content (AvgIpc) is 2.38. The lowest BCUT2D eigenvalue weighted by Gasteiger charge is -2.10. The van der Waals surface area contributed by atoms with Gasteiger partial charge in [-0.3, -0.25) is 4.79 Å². The zero-order chi connectivity index (χ0) is 14.3. The van der Waals surface area contributed by atoms with E-state index in [0.717, 1.165) is 24.9 Å². The summed E-state index contributed by atoms with van der Waals surface area (Å²) in [5, 5.41) is 2.92. The first-order chi connectivity index (χ1) is 9.02. The van der Waals surface area contributed by atoms with Crippen LogP contribution in [0.3, 0.4) is 0 Å². The Kier molecular flexibility index (Phi) is 6.57. The highest BCUT2D eigenvalue weighted by Crippen LogP contribution is 2.20. The van der Waals surface area contributed by atoms with Crippen LogP contribution in [0.1, 0.15) is 57.9 Å². The lowest BCUT2D eigenvalue weighted by atomic mass is 9.98. The van der Waals surface area contributed by atoms with Gasteiger partial charge in [0.15, 0.2) is 0 Å². The number of benzene rings is 1. The number of hydrogen-bond donors (Lipinski definition) is 2. The van der Waals surface area contributed by atoms with Crippen LogP contribution in [-0.4, -0.2) is 11.9 Å². The van der Waals surface area contributed by atoms with Crippen LogP contribution in [0.5, 0.6) is 0 Å². The molecule has 0 radical (unpaired) electrons. The summed E-state index contributed by atoms with van der Waals surface area (Å²) in [7, 11) is 0. The second-order valence-electron chi connectivity index (χ2n) is 5.35. The fourth-order valence-corrected chi connectivity index (χ4v) is 1.94. The van der Waals surface area contributed by atoms with Gasteiger partial charge in [0.05, 0.1) is 0 Å². The molecule has 3 heteroatoms. The van der Waals surface area contributed by atoms with Crippen LogP contribution in [0.4, 0.5) is 5.69 Å². The molecule has 3 nitrogen and oxygen atoms in total. The van der Waals surface area contributed by atoms with E-state index in [1.807, 2.05) is 19.1 Å². The number of hydrogen-bond acceptors (Lipinski definition) is 2. The van der Waals surface area contributed by atoms with Crippen LogP contribution in [0.15, 0.2) is 24.3 Å². The van der Waals surface area contributed by atoms with Crippen LogP contribution < -0.4 is 11.1 Å². The number of nitrogens with one attached hydrogen (secondary N) is 1. The minimum atomic E-state index is 0.0666. The molecule has 0 aliphatic heterocycles. The predicted octanol–water partition coefficient (Wildman–Crippen LogP) is 3.66. The molecular weight excluding hydrogens is 236 g/mol. The number of carbonyl (C=O) groups is 1. The summed E-state index contributed by atoms with van der Waals surface area (Å²) in [6.45, 7) is 6.35. The molecule has 1 aromatic carbocycles. The molecule has 2 unspecified atom stereocenters. The summed E-state index contributed by atoms with van der Waals surface area (Å²) in [4.78, 5) is 11.7. The van der Waals surface area contributed by atoms with Crippen molar-refractivity contribution >= 4 is 11.6 Å². The van der Waals surface area contributed by atoms with Crippen LogP contribution in [0.25, 0.3) is 0 Å². The van der Waals surface area contributed by atoms with Gasteiger partial charge in [-0.1, -0.05) is 26.0 Å². The van der Waals surface area contributed by atoms with Crippen LogP contribution in [-0.2, 0) is 4.79 Å². The van der Waals surface area contributed by atoms with Gasteiger partial charge >= 0.3 is 0 Å². The van der Waals surface area contributed by atoms with Crippen molar-refractivity contribution in [1.29, 1.82) is 0 Å². The molecule has 19 heavy (non-hydrogen) atoms. The zero-order valence-corrected chi connectivity index (χ0v) is 12.3. The minimum absolute atomic E-state index is 0.0666. The second kappa shape index (κ2) is 7.95. The van der Waals surface area contributed by atoms with Crippen LogP contribution in [0.2, 0.25) is 0 Å². The first-order valence-electron chi connectivity index (χ1n) is 7.18. The fraction of sp³-hybridized carbons (Fsp3) is 0.562. The Bertz CT molecular complexity index is 384. The normalized spacial score (nSPS) is 13.9. The second-order valence-corrected chi connectivity index (χ2v) is 5.35. The molecular formula is C16H26N2O.